The minimum Gasteiger partial charge on any atom is -0.312 e. The summed E-state index contributed by atoms with van der Waals surface area (Å²) in [5.74, 6) is 0. The van der Waals surface area contributed by atoms with Crippen LogP contribution in [0.5, 0.6) is 0 Å². The molecule has 0 amide bonds. The molecule has 1 saturated heterocycles. The predicted octanol–water partition coefficient (Wildman–Crippen LogP) is 2.58. The van der Waals surface area contributed by atoms with Gasteiger partial charge in [-0.3, -0.25) is 0 Å². The van der Waals surface area contributed by atoms with Crippen LogP contribution in [-0.4, -0.2) is 24.7 Å². The predicted molar refractivity (Wildman–Crippen MR) is 78.1 cm³/mol. The molecule has 2 rings (SSSR count). The molecule has 1 fully saturated rings. The van der Waals surface area contributed by atoms with Crippen molar-refractivity contribution in [2.45, 2.75) is 52.1 Å². The highest BCUT2D eigenvalue weighted by Gasteiger charge is 2.29. The van der Waals surface area contributed by atoms with Gasteiger partial charge in [0, 0.05) is 18.1 Å². The van der Waals surface area contributed by atoms with E-state index in [0.717, 1.165) is 19.5 Å². The van der Waals surface area contributed by atoms with E-state index in [-0.39, 0.29) is 0 Å². The summed E-state index contributed by atoms with van der Waals surface area (Å²) in [6.45, 7) is 11.1. The van der Waals surface area contributed by atoms with Crippen LogP contribution in [0.3, 0.4) is 0 Å². The van der Waals surface area contributed by atoms with Crippen LogP contribution in [0.15, 0.2) is 18.2 Å². The van der Waals surface area contributed by atoms with Crippen molar-refractivity contribution in [3.05, 3.63) is 34.9 Å². The van der Waals surface area contributed by atoms with Gasteiger partial charge in [-0.2, -0.15) is 0 Å². The third-order valence-corrected chi connectivity index (χ3v) is 3.92. The first-order valence-electron chi connectivity index (χ1n) is 7.01. The summed E-state index contributed by atoms with van der Waals surface area (Å²) in [5.41, 5.74) is 4.55. The number of rotatable bonds is 4. The molecule has 1 heterocycles. The smallest absolute Gasteiger partial charge is 0.0210 e. The molecule has 100 valence electrons. The Morgan fingerprint density at radius 3 is 2.78 bits per heavy atom. The average molecular weight is 246 g/mol. The highest BCUT2D eigenvalue weighted by atomic mass is 15.1. The van der Waals surface area contributed by atoms with Crippen molar-refractivity contribution < 1.29 is 0 Å². The number of hydrogen-bond acceptors (Lipinski definition) is 2. The molecular formula is C16H26N2. The van der Waals surface area contributed by atoms with E-state index in [2.05, 4.69) is 56.5 Å². The highest BCUT2D eigenvalue weighted by Crippen LogP contribution is 2.18. The van der Waals surface area contributed by atoms with E-state index < -0.39 is 0 Å². The Morgan fingerprint density at radius 1 is 1.33 bits per heavy atom. The lowest BCUT2D eigenvalue weighted by atomic mass is 10.0. The van der Waals surface area contributed by atoms with E-state index in [1.807, 2.05) is 0 Å². The van der Waals surface area contributed by atoms with Gasteiger partial charge in [0.05, 0.1) is 0 Å². The second kappa shape index (κ2) is 5.41. The van der Waals surface area contributed by atoms with Gasteiger partial charge in [0.15, 0.2) is 0 Å². The molecule has 1 aromatic rings. The lowest BCUT2D eigenvalue weighted by Crippen LogP contribution is -2.32. The zero-order valence-electron chi connectivity index (χ0n) is 12.1. The largest absolute Gasteiger partial charge is 0.312 e. The van der Waals surface area contributed by atoms with Crippen LogP contribution in [0.4, 0.5) is 0 Å². The van der Waals surface area contributed by atoms with Gasteiger partial charge in [-0.1, -0.05) is 23.8 Å². The number of nitrogens with one attached hydrogen (secondary N) is 2. The summed E-state index contributed by atoms with van der Waals surface area (Å²) in [4.78, 5) is 0. The second-order valence-electron chi connectivity index (χ2n) is 6.30. The van der Waals surface area contributed by atoms with Crippen LogP contribution >= 0.6 is 0 Å². The summed E-state index contributed by atoms with van der Waals surface area (Å²) >= 11 is 0. The molecule has 0 spiro atoms. The number of hydrogen-bond donors (Lipinski definition) is 2. The molecule has 0 radical (unpaired) electrons. The topological polar surface area (TPSA) is 24.1 Å². The van der Waals surface area contributed by atoms with E-state index in [0.29, 0.717) is 11.6 Å². The van der Waals surface area contributed by atoms with Crippen LogP contribution in [0.1, 0.15) is 37.0 Å². The fourth-order valence-corrected chi connectivity index (χ4v) is 2.78. The lowest BCUT2D eigenvalue weighted by Gasteiger charge is -2.17. The third kappa shape index (κ3) is 3.56. The summed E-state index contributed by atoms with van der Waals surface area (Å²) in [5, 5.41) is 7.22. The lowest BCUT2D eigenvalue weighted by molar-refractivity contribution is 0.443. The first-order valence-corrected chi connectivity index (χ1v) is 7.01. The normalized spacial score (nSPS) is 22.3. The molecule has 1 unspecified atom stereocenters. The first kappa shape index (κ1) is 13.6. The van der Waals surface area contributed by atoms with Crippen LogP contribution in [0.25, 0.3) is 0 Å². The molecule has 1 aromatic carbocycles. The zero-order valence-corrected chi connectivity index (χ0v) is 12.1. The van der Waals surface area contributed by atoms with Crippen molar-refractivity contribution in [3.63, 3.8) is 0 Å². The summed E-state index contributed by atoms with van der Waals surface area (Å²) < 4.78 is 0. The van der Waals surface area contributed by atoms with Gasteiger partial charge in [-0.15, -0.1) is 0 Å². The van der Waals surface area contributed by atoms with Crippen LogP contribution in [0, 0.1) is 13.8 Å². The molecule has 0 saturated carbocycles. The summed E-state index contributed by atoms with van der Waals surface area (Å²) in [6.07, 6.45) is 2.35. The number of benzene rings is 1. The zero-order chi connectivity index (χ0) is 13.2. The standard InChI is InChI=1S/C16H26N2/c1-12-5-6-13(2)14(9-12)7-8-17-15-10-16(3,4)18-11-15/h5-6,9,15,17-18H,7-8,10-11H2,1-4H3. The van der Waals surface area contributed by atoms with Gasteiger partial charge in [0.2, 0.25) is 0 Å². The maximum atomic E-state index is 3.67. The first-order chi connectivity index (χ1) is 8.46. The molecule has 2 nitrogen and oxygen atoms in total. The average Bonchev–Trinajstić information content (AvgIpc) is 2.63. The Hall–Kier alpha value is -0.860. The van der Waals surface area contributed by atoms with Gasteiger partial charge in [-0.05, 0) is 58.2 Å². The molecule has 1 aliphatic rings. The van der Waals surface area contributed by atoms with Crippen molar-refractivity contribution >= 4 is 0 Å². The molecule has 2 heteroatoms. The molecule has 18 heavy (non-hydrogen) atoms. The fraction of sp³-hybridized carbons (Fsp3) is 0.625. The van der Waals surface area contributed by atoms with E-state index in [4.69, 9.17) is 0 Å². The quantitative estimate of drug-likeness (QED) is 0.853. The summed E-state index contributed by atoms with van der Waals surface area (Å²) in [6, 6.07) is 7.36. The van der Waals surface area contributed by atoms with Gasteiger partial charge in [-0.25, -0.2) is 0 Å². The molecular weight excluding hydrogens is 220 g/mol. The maximum absolute atomic E-state index is 3.67. The van der Waals surface area contributed by atoms with E-state index >= 15 is 0 Å². The molecule has 1 aliphatic heterocycles. The molecule has 1 atom stereocenters. The molecule has 0 aliphatic carbocycles. The van der Waals surface area contributed by atoms with Gasteiger partial charge >= 0.3 is 0 Å². The second-order valence-corrected chi connectivity index (χ2v) is 6.30. The van der Waals surface area contributed by atoms with Gasteiger partial charge in [0.25, 0.3) is 0 Å². The van der Waals surface area contributed by atoms with Gasteiger partial charge < -0.3 is 10.6 Å². The van der Waals surface area contributed by atoms with Crippen molar-refractivity contribution in [2.75, 3.05) is 13.1 Å². The van der Waals surface area contributed by atoms with Crippen LogP contribution in [-0.2, 0) is 6.42 Å². The highest BCUT2D eigenvalue weighted by molar-refractivity contribution is 5.30. The van der Waals surface area contributed by atoms with Crippen molar-refractivity contribution in [1.29, 1.82) is 0 Å². The van der Waals surface area contributed by atoms with Crippen LogP contribution < -0.4 is 10.6 Å². The van der Waals surface area contributed by atoms with E-state index in [1.165, 1.54) is 23.1 Å². The third-order valence-electron chi connectivity index (χ3n) is 3.92. The Labute approximate surface area is 111 Å². The minimum atomic E-state index is 0.302. The maximum Gasteiger partial charge on any atom is 0.0210 e. The monoisotopic (exact) mass is 246 g/mol. The fourth-order valence-electron chi connectivity index (χ4n) is 2.78. The SMILES string of the molecule is Cc1ccc(C)c(CCNC2CNC(C)(C)C2)c1. The minimum absolute atomic E-state index is 0.302. The van der Waals surface area contributed by atoms with Crippen molar-refractivity contribution in [3.8, 4) is 0 Å². The van der Waals surface area contributed by atoms with Crippen LogP contribution in [0.2, 0.25) is 0 Å². The van der Waals surface area contributed by atoms with Gasteiger partial charge in [0.1, 0.15) is 0 Å². The number of aryl methyl sites for hydroxylation is 2. The Bertz CT molecular complexity index is 410. The van der Waals surface area contributed by atoms with Crippen molar-refractivity contribution in [1.82, 2.24) is 10.6 Å². The Kier molecular flexibility index (Phi) is 4.08. The van der Waals surface area contributed by atoms with Crippen molar-refractivity contribution in [2.24, 2.45) is 0 Å². The molecule has 0 bridgehead atoms. The Balaban J connectivity index is 1.80. The molecule has 2 N–H and O–H groups in total. The Morgan fingerprint density at radius 2 is 2.11 bits per heavy atom. The van der Waals surface area contributed by atoms with E-state index in [1.54, 1.807) is 0 Å². The van der Waals surface area contributed by atoms with E-state index in [9.17, 15) is 0 Å². The molecule has 0 aromatic heterocycles. The summed E-state index contributed by atoms with van der Waals surface area (Å²) in [7, 11) is 0.